The third kappa shape index (κ3) is 2.37. The highest BCUT2D eigenvalue weighted by Gasteiger charge is 2.11. The van der Waals surface area contributed by atoms with Gasteiger partial charge in [-0.1, -0.05) is 0 Å². The van der Waals surface area contributed by atoms with Gasteiger partial charge in [0.2, 0.25) is 0 Å². The van der Waals surface area contributed by atoms with E-state index in [0.29, 0.717) is 10.2 Å². The van der Waals surface area contributed by atoms with Crippen LogP contribution in [0.15, 0.2) is 21.4 Å². The first kappa shape index (κ1) is 9.32. The second-order valence-corrected chi connectivity index (χ2v) is 3.38. The number of carbonyl (C=O) groups is 1. The molecule has 0 bridgehead atoms. The highest BCUT2D eigenvalue weighted by atomic mass is 79.9. The number of ether oxygens (including phenoxy) is 1. The summed E-state index contributed by atoms with van der Waals surface area (Å²) in [6.07, 6.45) is 1.25. The summed E-state index contributed by atoms with van der Waals surface area (Å²) in [6, 6.07) is 1.57. The maximum Gasteiger partial charge on any atom is 0.341 e. The van der Waals surface area contributed by atoms with Crippen molar-refractivity contribution < 1.29 is 13.9 Å². The number of esters is 1. The first-order valence-corrected chi connectivity index (χ1v) is 4.34. The lowest BCUT2D eigenvalue weighted by atomic mass is 10.3. The molecule has 0 aliphatic rings. The van der Waals surface area contributed by atoms with Crippen LogP contribution in [-0.2, 0) is 4.74 Å². The molecule has 0 spiro atoms. The highest BCUT2D eigenvalue weighted by molar-refractivity contribution is 9.10. The van der Waals surface area contributed by atoms with E-state index >= 15 is 0 Å². The molecule has 1 rings (SSSR count). The summed E-state index contributed by atoms with van der Waals surface area (Å²) in [5.41, 5.74) is 0.426. The molecule has 1 aromatic heterocycles. The van der Waals surface area contributed by atoms with Crippen LogP contribution in [0.5, 0.6) is 0 Å². The molecule has 0 radical (unpaired) electrons. The van der Waals surface area contributed by atoms with Gasteiger partial charge in [-0.25, -0.2) is 4.79 Å². The van der Waals surface area contributed by atoms with Crippen LogP contribution >= 0.6 is 15.9 Å². The largest absolute Gasteiger partial charge is 0.459 e. The Kier molecular flexibility index (Phi) is 2.92. The van der Waals surface area contributed by atoms with Gasteiger partial charge in [0.25, 0.3) is 0 Å². The zero-order chi connectivity index (χ0) is 9.14. The minimum atomic E-state index is -0.362. The van der Waals surface area contributed by atoms with E-state index in [1.54, 1.807) is 19.9 Å². The molecule has 0 saturated carbocycles. The van der Waals surface area contributed by atoms with Gasteiger partial charge >= 0.3 is 5.97 Å². The summed E-state index contributed by atoms with van der Waals surface area (Å²) in [7, 11) is 0. The Labute approximate surface area is 78.8 Å². The molecule has 0 aliphatic heterocycles. The van der Waals surface area contributed by atoms with Crippen molar-refractivity contribution in [3.63, 3.8) is 0 Å². The zero-order valence-electron chi connectivity index (χ0n) is 6.83. The van der Waals surface area contributed by atoms with E-state index in [1.807, 2.05) is 0 Å². The molecule has 3 nitrogen and oxygen atoms in total. The molecule has 0 atom stereocenters. The van der Waals surface area contributed by atoms with Gasteiger partial charge in [0, 0.05) is 6.07 Å². The second kappa shape index (κ2) is 3.76. The fourth-order valence-electron chi connectivity index (χ4n) is 0.699. The van der Waals surface area contributed by atoms with Crippen molar-refractivity contribution in [1.29, 1.82) is 0 Å². The smallest absolute Gasteiger partial charge is 0.341 e. The first-order valence-electron chi connectivity index (χ1n) is 3.54. The Bertz CT molecular complexity index is 278. The number of rotatable bonds is 2. The van der Waals surface area contributed by atoms with Crippen LogP contribution in [-0.4, -0.2) is 12.1 Å². The van der Waals surface area contributed by atoms with Crippen molar-refractivity contribution in [3.8, 4) is 0 Å². The van der Waals surface area contributed by atoms with Crippen LogP contribution in [0.4, 0.5) is 0 Å². The molecular weight excluding hydrogens is 224 g/mol. The SMILES string of the molecule is CC(C)OC(=O)c1coc(Br)c1. The minimum absolute atomic E-state index is 0.105. The van der Waals surface area contributed by atoms with Crippen LogP contribution in [0.3, 0.4) is 0 Å². The summed E-state index contributed by atoms with van der Waals surface area (Å²) in [4.78, 5) is 11.2. The normalized spacial score (nSPS) is 10.3. The number of halogens is 1. The van der Waals surface area contributed by atoms with Gasteiger partial charge in [-0.3, -0.25) is 0 Å². The first-order chi connectivity index (χ1) is 5.59. The summed E-state index contributed by atoms with van der Waals surface area (Å²) in [5.74, 6) is -0.362. The third-order valence-corrected chi connectivity index (χ3v) is 1.56. The molecule has 1 heterocycles. The van der Waals surface area contributed by atoms with Gasteiger partial charge in [-0.05, 0) is 29.8 Å². The summed E-state index contributed by atoms with van der Waals surface area (Å²) >= 11 is 3.09. The summed E-state index contributed by atoms with van der Waals surface area (Å²) < 4.78 is 10.3. The molecule has 1 aromatic rings. The molecule has 0 aliphatic carbocycles. The molecule has 4 heteroatoms. The molecule has 0 unspecified atom stereocenters. The van der Waals surface area contributed by atoms with Crippen molar-refractivity contribution in [3.05, 3.63) is 22.6 Å². The van der Waals surface area contributed by atoms with Crippen molar-refractivity contribution in [2.45, 2.75) is 20.0 Å². The van der Waals surface area contributed by atoms with Gasteiger partial charge in [0.15, 0.2) is 4.67 Å². The summed E-state index contributed by atoms with van der Waals surface area (Å²) in [6.45, 7) is 3.60. The number of furan rings is 1. The fourth-order valence-corrected chi connectivity index (χ4v) is 1.04. The van der Waals surface area contributed by atoms with Crippen molar-refractivity contribution in [1.82, 2.24) is 0 Å². The van der Waals surface area contributed by atoms with E-state index < -0.39 is 0 Å². The minimum Gasteiger partial charge on any atom is -0.459 e. The van der Waals surface area contributed by atoms with E-state index in [-0.39, 0.29) is 12.1 Å². The Morgan fingerprint density at radius 1 is 1.67 bits per heavy atom. The van der Waals surface area contributed by atoms with E-state index in [0.717, 1.165) is 0 Å². The van der Waals surface area contributed by atoms with Gasteiger partial charge < -0.3 is 9.15 Å². The second-order valence-electron chi connectivity index (χ2n) is 2.59. The molecule has 0 fully saturated rings. The predicted octanol–water partition coefficient (Wildman–Crippen LogP) is 2.61. The highest BCUT2D eigenvalue weighted by Crippen LogP contribution is 2.15. The van der Waals surface area contributed by atoms with Crippen LogP contribution < -0.4 is 0 Å². The predicted molar refractivity (Wildman–Crippen MR) is 47.0 cm³/mol. The molecule has 0 aromatic carbocycles. The van der Waals surface area contributed by atoms with Gasteiger partial charge in [0.1, 0.15) is 6.26 Å². The molecule has 0 saturated heterocycles. The van der Waals surface area contributed by atoms with Gasteiger partial charge in [-0.2, -0.15) is 0 Å². The van der Waals surface area contributed by atoms with Crippen molar-refractivity contribution >= 4 is 21.9 Å². The average Bonchev–Trinajstić information content (AvgIpc) is 2.34. The maximum atomic E-state index is 11.2. The number of hydrogen-bond donors (Lipinski definition) is 0. The maximum absolute atomic E-state index is 11.2. The quantitative estimate of drug-likeness (QED) is 0.737. The molecule has 66 valence electrons. The van der Waals surface area contributed by atoms with Crippen LogP contribution in [0.25, 0.3) is 0 Å². The lowest BCUT2D eigenvalue weighted by molar-refractivity contribution is 0.0377. The Morgan fingerprint density at radius 2 is 2.33 bits per heavy atom. The van der Waals surface area contributed by atoms with E-state index in [2.05, 4.69) is 15.9 Å². The fraction of sp³-hybridized carbons (Fsp3) is 0.375. The van der Waals surface area contributed by atoms with Crippen molar-refractivity contribution in [2.24, 2.45) is 0 Å². The summed E-state index contributed by atoms with van der Waals surface area (Å²) in [5, 5.41) is 0. The van der Waals surface area contributed by atoms with Gasteiger partial charge in [0.05, 0.1) is 11.7 Å². The number of hydrogen-bond acceptors (Lipinski definition) is 3. The molecule has 0 N–H and O–H groups in total. The Hall–Kier alpha value is -0.770. The Morgan fingerprint density at radius 3 is 2.75 bits per heavy atom. The van der Waals surface area contributed by atoms with Crippen molar-refractivity contribution in [2.75, 3.05) is 0 Å². The zero-order valence-corrected chi connectivity index (χ0v) is 8.42. The molecule has 12 heavy (non-hydrogen) atoms. The number of carbonyl (C=O) groups excluding carboxylic acids is 1. The van der Waals surface area contributed by atoms with Gasteiger partial charge in [-0.15, -0.1) is 0 Å². The van der Waals surface area contributed by atoms with Crippen LogP contribution in [0.1, 0.15) is 24.2 Å². The van der Waals surface area contributed by atoms with Crippen LogP contribution in [0, 0.1) is 0 Å². The van der Waals surface area contributed by atoms with E-state index in [4.69, 9.17) is 9.15 Å². The molecule has 0 amide bonds. The van der Waals surface area contributed by atoms with E-state index in [1.165, 1.54) is 6.26 Å². The lowest BCUT2D eigenvalue weighted by Crippen LogP contribution is -2.10. The Balaban J connectivity index is 2.65. The van der Waals surface area contributed by atoms with Crippen LogP contribution in [0.2, 0.25) is 0 Å². The monoisotopic (exact) mass is 232 g/mol. The van der Waals surface area contributed by atoms with E-state index in [9.17, 15) is 4.79 Å². The lowest BCUT2D eigenvalue weighted by Gasteiger charge is -2.04. The standard InChI is InChI=1S/C8H9BrO3/c1-5(2)12-8(10)6-3-7(9)11-4-6/h3-5H,1-2H3. The molecular formula is C8H9BrO3. The third-order valence-electron chi connectivity index (χ3n) is 1.15. The average molecular weight is 233 g/mol. The topological polar surface area (TPSA) is 39.4 Å².